The number of hydrogen-bond donors (Lipinski definition) is 2. The van der Waals surface area contributed by atoms with Gasteiger partial charge in [-0.1, -0.05) is 87.5 Å². The number of nitrogens with one attached hydrogen (secondary N) is 1. The van der Waals surface area contributed by atoms with Gasteiger partial charge in [0.15, 0.2) is 0 Å². The molecule has 2 N–H and O–H groups in total. The van der Waals surface area contributed by atoms with Gasteiger partial charge >= 0.3 is 5.97 Å². The molecule has 4 nitrogen and oxygen atoms in total. The first-order valence-corrected chi connectivity index (χ1v) is 10.0. The minimum Gasteiger partial charge on any atom is -0.481 e. The zero-order valence-corrected chi connectivity index (χ0v) is 17.6. The second-order valence-electron chi connectivity index (χ2n) is 8.44. The molecule has 0 bridgehead atoms. The van der Waals surface area contributed by atoms with Crippen LogP contribution in [-0.2, 0) is 10.2 Å². The van der Waals surface area contributed by atoms with E-state index >= 15 is 0 Å². The summed E-state index contributed by atoms with van der Waals surface area (Å²) < 4.78 is 0. The number of rotatable bonds is 6. The van der Waals surface area contributed by atoms with Crippen LogP contribution < -0.4 is 5.32 Å². The molecule has 1 amide bonds. The van der Waals surface area contributed by atoms with Crippen LogP contribution in [0.5, 0.6) is 0 Å². The third-order valence-corrected chi connectivity index (χ3v) is 5.12. The van der Waals surface area contributed by atoms with Crippen LogP contribution in [0.1, 0.15) is 54.7 Å². The maximum atomic E-state index is 12.8. The second-order valence-corrected chi connectivity index (χ2v) is 8.44. The van der Waals surface area contributed by atoms with E-state index in [0.29, 0.717) is 5.56 Å². The molecular formula is C26H27NO3. The summed E-state index contributed by atoms with van der Waals surface area (Å²) in [6, 6.07) is 24.4. The van der Waals surface area contributed by atoms with Crippen LogP contribution in [-0.4, -0.2) is 17.0 Å². The van der Waals surface area contributed by atoms with E-state index in [9.17, 15) is 14.7 Å². The van der Waals surface area contributed by atoms with Crippen LogP contribution >= 0.6 is 0 Å². The molecule has 1 atom stereocenters. The molecule has 3 rings (SSSR count). The van der Waals surface area contributed by atoms with Crippen molar-refractivity contribution in [2.45, 2.75) is 38.6 Å². The van der Waals surface area contributed by atoms with Gasteiger partial charge in [-0.15, -0.1) is 0 Å². The number of carboxylic acids is 1. The van der Waals surface area contributed by atoms with Gasteiger partial charge in [0.25, 0.3) is 5.91 Å². The Morgan fingerprint density at radius 2 is 1.40 bits per heavy atom. The van der Waals surface area contributed by atoms with Gasteiger partial charge in [-0.3, -0.25) is 9.59 Å². The molecule has 0 aliphatic heterocycles. The van der Waals surface area contributed by atoms with Crippen molar-refractivity contribution < 1.29 is 14.7 Å². The van der Waals surface area contributed by atoms with Crippen LogP contribution in [0.2, 0.25) is 0 Å². The van der Waals surface area contributed by atoms with Gasteiger partial charge in [0.05, 0.1) is 12.5 Å². The molecule has 3 aromatic carbocycles. The van der Waals surface area contributed by atoms with Crippen LogP contribution in [0.3, 0.4) is 0 Å². The number of aliphatic carboxylic acids is 1. The first-order chi connectivity index (χ1) is 14.2. The lowest BCUT2D eigenvalue weighted by Gasteiger charge is -2.22. The van der Waals surface area contributed by atoms with E-state index in [0.717, 1.165) is 22.3 Å². The molecule has 0 saturated carbocycles. The normalized spacial score (nSPS) is 12.2. The van der Waals surface area contributed by atoms with Crippen molar-refractivity contribution in [2.75, 3.05) is 0 Å². The standard InChI is InChI=1S/C26H27NO3/c1-26(2,3)22-15-13-20(14-16-22)23(17-24(28)29)27-25(30)21-11-9-19(10-12-21)18-7-5-4-6-8-18/h4-16,23H,17H2,1-3H3,(H,27,30)(H,28,29)/t23-/m0/s1. The van der Waals surface area contributed by atoms with Crippen molar-refractivity contribution in [1.82, 2.24) is 5.32 Å². The summed E-state index contributed by atoms with van der Waals surface area (Å²) in [6.07, 6.45) is -0.178. The molecule has 0 aromatic heterocycles. The van der Waals surface area contributed by atoms with Crippen molar-refractivity contribution in [1.29, 1.82) is 0 Å². The third kappa shape index (κ3) is 5.35. The number of carbonyl (C=O) groups excluding carboxylic acids is 1. The number of benzene rings is 3. The monoisotopic (exact) mass is 401 g/mol. The molecule has 0 heterocycles. The SMILES string of the molecule is CC(C)(C)c1ccc([C@H](CC(=O)O)NC(=O)c2ccc(-c3ccccc3)cc2)cc1. The number of amides is 1. The molecule has 154 valence electrons. The Morgan fingerprint density at radius 3 is 1.93 bits per heavy atom. The molecule has 0 unspecified atom stereocenters. The average Bonchev–Trinajstić information content (AvgIpc) is 2.73. The largest absolute Gasteiger partial charge is 0.481 e. The molecule has 0 aliphatic rings. The van der Waals surface area contributed by atoms with E-state index in [1.165, 1.54) is 0 Å². The van der Waals surface area contributed by atoms with Gasteiger partial charge in [0, 0.05) is 5.56 Å². The summed E-state index contributed by atoms with van der Waals surface area (Å²) in [4.78, 5) is 24.2. The van der Waals surface area contributed by atoms with Crippen LogP contribution in [0, 0.1) is 0 Å². The molecular weight excluding hydrogens is 374 g/mol. The molecule has 0 radical (unpaired) electrons. The fraction of sp³-hybridized carbons (Fsp3) is 0.231. The number of hydrogen-bond acceptors (Lipinski definition) is 2. The summed E-state index contributed by atoms with van der Waals surface area (Å²) in [6.45, 7) is 6.37. The van der Waals surface area contributed by atoms with Gasteiger partial charge in [-0.2, -0.15) is 0 Å². The highest BCUT2D eigenvalue weighted by molar-refractivity contribution is 5.95. The third-order valence-electron chi connectivity index (χ3n) is 5.12. The predicted molar refractivity (Wildman–Crippen MR) is 119 cm³/mol. The van der Waals surface area contributed by atoms with E-state index in [4.69, 9.17) is 0 Å². The van der Waals surface area contributed by atoms with Crippen LogP contribution in [0.4, 0.5) is 0 Å². The predicted octanol–water partition coefficient (Wildman–Crippen LogP) is 5.60. The molecule has 0 spiro atoms. The Bertz CT molecular complexity index is 1000. The quantitative estimate of drug-likeness (QED) is 0.565. The zero-order valence-electron chi connectivity index (χ0n) is 17.6. The molecule has 0 aliphatic carbocycles. The number of carbonyl (C=O) groups is 2. The van der Waals surface area contributed by atoms with Crippen molar-refractivity contribution in [3.63, 3.8) is 0 Å². The topological polar surface area (TPSA) is 66.4 Å². The highest BCUT2D eigenvalue weighted by Gasteiger charge is 2.20. The van der Waals surface area contributed by atoms with Crippen molar-refractivity contribution in [2.24, 2.45) is 0 Å². The summed E-state index contributed by atoms with van der Waals surface area (Å²) in [7, 11) is 0. The minimum absolute atomic E-state index is 0.00454. The first-order valence-electron chi connectivity index (χ1n) is 10.0. The minimum atomic E-state index is -0.959. The van der Waals surface area contributed by atoms with E-state index in [-0.39, 0.29) is 17.7 Å². The van der Waals surface area contributed by atoms with Crippen LogP contribution in [0.15, 0.2) is 78.9 Å². The average molecular weight is 402 g/mol. The van der Waals surface area contributed by atoms with Gasteiger partial charge in [-0.25, -0.2) is 0 Å². The van der Waals surface area contributed by atoms with Gasteiger partial charge in [0.1, 0.15) is 0 Å². The summed E-state index contributed by atoms with van der Waals surface area (Å²) in [5, 5.41) is 12.2. The van der Waals surface area contributed by atoms with E-state index in [1.54, 1.807) is 12.1 Å². The van der Waals surface area contributed by atoms with E-state index in [2.05, 4.69) is 26.1 Å². The van der Waals surface area contributed by atoms with Gasteiger partial charge in [-0.05, 0) is 39.8 Å². The lowest BCUT2D eigenvalue weighted by Crippen LogP contribution is -2.30. The molecule has 0 saturated heterocycles. The Morgan fingerprint density at radius 1 is 0.833 bits per heavy atom. The fourth-order valence-corrected chi connectivity index (χ4v) is 3.33. The van der Waals surface area contributed by atoms with Crippen molar-refractivity contribution in [3.05, 3.63) is 95.6 Å². The lowest BCUT2D eigenvalue weighted by molar-refractivity contribution is -0.137. The summed E-state index contributed by atoms with van der Waals surface area (Å²) in [5.74, 6) is -1.25. The van der Waals surface area contributed by atoms with E-state index < -0.39 is 12.0 Å². The zero-order chi connectivity index (χ0) is 21.7. The first kappa shape index (κ1) is 21.3. The molecule has 4 heteroatoms. The van der Waals surface area contributed by atoms with Gasteiger partial charge < -0.3 is 10.4 Å². The number of carboxylic acid groups (broad SMARTS) is 1. The Labute approximate surface area is 177 Å². The smallest absolute Gasteiger partial charge is 0.305 e. The molecule has 3 aromatic rings. The van der Waals surface area contributed by atoms with Crippen molar-refractivity contribution in [3.8, 4) is 11.1 Å². The Hall–Kier alpha value is -3.40. The van der Waals surface area contributed by atoms with Crippen molar-refractivity contribution >= 4 is 11.9 Å². The Kier molecular flexibility index (Phi) is 6.36. The summed E-state index contributed by atoms with van der Waals surface area (Å²) in [5.41, 5.74) is 4.53. The van der Waals surface area contributed by atoms with E-state index in [1.807, 2.05) is 66.7 Å². The highest BCUT2D eigenvalue weighted by Crippen LogP contribution is 2.25. The Balaban J connectivity index is 1.77. The van der Waals surface area contributed by atoms with Crippen LogP contribution in [0.25, 0.3) is 11.1 Å². The maximum absolute atomic E-state index is 12.8. The fourth-order valence-electron chi connectivity index (χ4n) is 3.33. The molecule has 30 heavy (non-hydrogen) atoms. The van der Waals surface area contributed by atoms with Gasteiger partial charge in [0.2, 0.25) is 0 Å². The maximum Gasteiger partial charge on any atom is 0.305 e. The molecule has 0 fully saturated rings. The lowest BCUT2D eigenvalue weighted by atomic mass is 9.86. The second kappa shape index (κ2) is 8.95. The highest BCUT2D eigenvalue weighted by atomic mass is 16.4. The summed E-state index contributed by atoms with van der Waals surface area (Å²) >= 11 is 0.